The molecule has 0 fully saturated rings. The van der Waals surface area contributed by atoms with E-state index in [1.165, 1.54) is 0 Å². The lowest BCUT2D eigenvalue weighted by molar-refractivity contribution is 0.0693. The van der Waals surface area contributed by atoms with E-state index in [-0.39, 0.29) is 17.2 Å². The summed E-state index contributed by atoms with van der Waals surface area (Å²) in [6.45, 7) is 1.74. The zero-order valence-electron chi connectivity index (χ0n) is 17.6. The predicted octanol–water partition coefficient (Wildman–Crippen LogP) is 6.89. The molecule has 0 bridgehead atoms. The standard InChI is InChI=1S/C29H22O3/c1-18-16-21(17-26(28(18)30)29(31)32)27(24-14-6-10-19-8-2-4-12-22(19)24)25-15-7-11-20-9-3-5-13-23(20)25/h2-17,27,30H,1H3,(H,31,32). The molecule has 156 valence electrons. The van der Waals surface area contributed by atoms with Crippen LogP contribution in [-0.2, 0) is 0 Å². The number of carboxylic acid groups (broad SMARTS) is 1. The summed E-state index contributed by atoms with van der Waals surface area (Å²) in [5, 5.41) is 24.6. The lowest BCUT2D eigenvalue weighted by Crippen LogP contribution is -2.08. The van der Waals surface area contributed by atoms with E-state index in [9.17, 15) is 15.0 Å². The fourth-order valence-electron chi connectivity index (χ4n) is 4.67. The predicted molar refractivity (Wildman–Crippen MR) is 129 cm³/mol. The van der Waals surface area contributed by atoms with Gasteiger partial charge in [0.1, 0.15) is 11.3 Å². The maximum atomic E-state index is 11.9. The number of carboxylic acids is 1. The summed E-state index contributed by atoms with van der Waals surface area (Å²) in [6.07, 6.45) is 0. The molecule has 0 heterocycles. The van der Waals surface area contributed by atoms with E-state index in [1.54, 1.807) is 13.0 Å². The molecule has 5 aromatic carbocycles. The van der Waals surface area contributed by atoms with Gasteiger partial charge in [0.05, 0.1) is 0 Å². The van der Waals surface area contributed by atoms with Crippen molar-refractivity contribution in [1.82, 2.24) is 0 Å². The number of aromatic hydroxyl groups is 1. The molecule has 0 aliphatic rings. The molecule has 3 nitrogen and oxygen atoms in total. The average molecular weight is 418 g/mol. The van der Waals surface area contributed by atoms with Gasteiger partial charge in [0.15, 0.2) is 0 Å². The Morgan fingerprint density at radius 1 is 0.719 bits per heavy atom. The highest BCUT2D eigenvalue weighted by atomic mass is 16.4. The van der Waals surface area contributed by atoms with Crippen molar-refractivity contribution in [3.8, 4) is 5.75 Å². The first-order valence-corrected chi connectivity index (χ1v) is 10.6. The van der Waals surface area contributed by atoms with Crippen LogP contribution in [0.2, 0.25) is 0 Å². The maximum absolute atomic E-state index is 11.9. The minimum atomic E-state index is -1.14. The van der Waals surface area contributed by atoms with Crippen molar-refractivity contribution in [3.63, 3.8) is 0 Å². The van der Waals surface area contributed by atoms with E-state index < -0.39 is 5.97 Å². The molecule has 0 amide bonds. The summed E-state index contributed by atoms with van der Waals surface area (Å²) >= 11 is 0. The Labute approximate surface area is 186 Å². The molecule has 0 spiro atoms. The van der Waals surface area contributed by atoms with Crippen LogP contribution < -0.4 is 0 Å². The highest BCUT2D eigenvalue weighted by molar-refractivity contribution is 5.93. The van der Waals surface area contributed by atoms with Crippen molar-refractivity contribution >= 4 is 27.5 Å². The fraction of sp³-hybridized carbons (Fsp3) is 0.0690. The van der Waals surface area contributed by atoms with Crippen LogP contribution in [0.4, 0.5) is 0 Å². The Bertz CT molecular complexity index is 1390. The lowest BCUT2D eigenvalue weighted by atomic mass is 9.80. The number of aryl methyl sites for hydroxylation is 1. The van der Waals surface area contributed by atoms with Crippen molar-refractivity contribution in [2.75, 3.05) is 0 Å². The van der Waals surface area contributed by atoms with Crippen molar-refractivity contribution in [1.29, 1.82) is 0 Å². The van der Waals surface area contributed by atoms with Gasteiger partial charge >= 0.3 is 5.97 Å². The maximum Gasteiger partial charge on any atom is 0.339 e. The molecular weight excluding hydrogens is 396 g/mol. The molecule has 0 saturated heterocycles. The first-order chi connectivity index (χ1) is 15.5. The van der Waals surface area contributed by atoms with E-state index in [4.69, 9.17) is 0 Å². The van der Waals surface area contributed by atoms with Crippen molar-refractivity contribution < 1.29 is 15.0 Å². The van der Waals surface area contributed by atoms with Crippen LogP contribution in [0.25, 0.3) is 21.5 Å². The number of phenols is 1. The van der Waals surface area contributed by atoms with Crippen LogP contribution in [0.3, 0.4) is 0 Å². The molecule has 0 aliphatic carbocycles. The second-order valence-corrected chi connectivity index (χ2v) is 8.11. The molecular formula is C29H22O3. The molecule has 0 unspecified atom stereocenters. The minimum absolute atomic E-state index is 0.0783. The molecule has 3 heteroatoms. The quantitative estimate of drug-likeness (QED) is 0.313. The van der Waals surface area contributed by atoms with Gasteiger partial charge in [-0.2, -0.15) is 0 Å². The number of carbonyl (C=O) groups is 1. The first-order valence-electron chi connectivity index (χ1n) is 10.6. The number of rotatable bonds is 4. The normalized spacial score (nSPS) is 11.3. The third-order valence-corrected chi connectivity index (χ3v) is 6.16. The van der Waals surface area contributed by atoms with Gasteiger partial charge in [0.25, 0.3) is 0 Å². The second-order valence-electron chi connectivity index (χ2n) is 8.11. The summed E-state index contributed by atoms with van der Waals surface area (Å²) in [5.74, 6) is -1.53. The summed E-state index contributed by atoms with van der Waals surface area (Å²) in [5.41, 5.74) is 3.50. The van der Waals surface area contributed by atoms with Gasteiger partial charge in [-0.1, -0.05) is 91.0 Å². The largest absolute Gasteiger partial charge is 0.507 e. The highest BCUT2D eigenvalue weighted by Gasteiger charge is 2.24. The molecule has 32 heavy (non-hydrogen) atoms. The van der Waals surface area contributed by atoms with Crippen LogP contribution in [0.15, 0.2) is 97.1 Å². The SMILES string of the molecule is Cc1cc(C(c2cccc3ccccc23)c2cccc3ccccc23)cc(C(=O)O)c1O. The fourth-order valence-corrected chi connectivity index (χ4v) is 4.67. The Balaban J connectivity index is 1.88. The van der Waals surface area contributed by atoms with Gasteiger partial charge in [0.2, 0.25) is 0 Å². The van der Waals surface area contributed by atoms with E-state index in [2.05, 4.69) is 48.5 Å². The number of aromatic carboxylic acids is 1. The second kappa shape index (κ2) is 7.86. The van der Waals surface area contributed by atoms with E-state index in [0.717, 1.165) is 38.2 Å². The summed E-state index contributed by atoms with van der Waals surface area (Å²) < 4.78 is 0. The lowest BCUT2D eigenvalue weighted by Gasteiger charge is -2.23. The van der Waals surface area contributed by atoms with Crippen LogP contribution >= 0.6 is 0 Å². The Kier molecular flexibility index (Phi) is 4.87. The van der Waals surface area contributed by atoms with E-state index in [1.807, 2.05) is 42.5 Å². The number of hydrogen-bond acceptors (Lipinski definition) is 2. The Morgan fingerprint density at radius 3 is 1.75 bits per heavy atom. The van der Waals surface area contributed by atoms with Gasteiger partial charge < -0.3 is 10.2 Å². The smallest absolute Gasteiger partial charge is 0.339 e. The third kappa shape index (κ3) is 3.28. The van der Waals surface area contributed by atoms with Crippen LogP contribution in [0.5, 0.6) is 5.75 Å². The molecule has 5 aromatic rings. The molecule has 0 atom stereocenters. The van der Waals surface area contributed by atoms with Crippen LogP contribution in [0, 0.1) is 6.92 Å². The average Bonchev–Trinajstić information content (AvgIpc) is 2.81. The minimum Gasteiger partial charge on any atom is -0.507 e. The Hall–Kier alpha value is -4.11. The Morgan fingerprint density at radius 2 is 1.22 bits per heavy atom. The molecule has 0 saturated carbocycles. The monoisotopic (exact) mass is 418 g/mol. The van der Waals surface area contributed by atoms with Gasteiger partial charge in [0, 0.05) is 5.92 Å². The summed E-state index contributed by atoms with van der Waals surface area (Å²) in [6, 6.07) is 32.5. The highest BCUT2D eigenvalue weighted by Crippen LogP contribution is 2.41. The zero-order chi connectivity index (χ0) is 22.2. The third-order valence-electron chi connectivity index (χ3n) is 6.16. The molecule has 0 aromatic heterocycles. The number of hydrogen-bond donors (Lipinski definition) is 2. The zero-order valence-corrected chi connectivity index (χ0v) is 17.6. The van der Waals surface area contributed by atoms with Crippen molar-refractivity contribution in [3.05, 3.63) is 125 Å². The first kappa shape index (κ1) is 19.8. The molecule has 5 rings (SSSR count). The van der Waals surface area contributed by atoms with Gasteiger partial charge in [-0.05, 0) is 56.8 Å². The number of benzene rings is 5. The number of fused-ring (bicyclic) bond motifs is 2. The van der Waals surface area contributed by atoms with Gasteiger partial charge in [-0.15, -0.1) is 0 Å². The van der Waals surface area contributed by atoms with Gasteiger partial charge in [-0.3, -0.25) is 0 Å². The molecule has 0 aliphatic heterocycles. The van der Waals surface area contributed by atoms with Crippen LogP contribution in [0.1, 0.15) is 38.5 Å². The summed E-state index contributed by atoms with van der Waals surface area (Å²) in [4.78, 5) is 11.9. The van der Waals surface area contributed by atoms with Crippen molar-refractivity contribution in [2.24, 2.45) is 0 Å². The van der Waals surface area contributed by atoms with Crippen LogP contribution in [-0.4, -0.2) is 16.2 Å². The van der Waals surface area contributed by atoms with Crippen molar-refractivity contribution in [2.45, 2.75) is 12.8 Å². The molecule has 2 N–H and O–H groups in total. The van der Waals surface area contributed by atoms with Gasteiger partial charge in [-0.25, -0.2) is 4.79 Å². The topological polar surface area (TPSA) is 57.5 Å². The van der Waals surface area contributed by atoms with E-state index >= 15 is 0 Å². The molecule has 0 radical (unpaired) electrons. The van der Waals surface area contributed by atoms with E-state index in [0.29, 0.717) is 5.56 Å². The summed E-state index contributed by atoms with van der Waals surface area (Å²) in [7, 11) is 0.